The fourth-order valence-electron chi connectivity index (χ4n) is 1.49. The molecule has 0 aliphatic carbocycles. The van der Waals surface area contributed by atoms with Crippen molar-refractivity contribution in [1.29, 1.82) is 0 Å². The van der Waals surface area contributed by atoms with Gasteiger partial charge in [0.1, 0.15) is 5.01 Å². The first-order valence-electron chi connectivity index (χ1n) is 5.29. The van der Waals surface area contributed by atoms with Crippen LogP contribution < -0.4 is 0 Å². The number of benzene rings is 1. The van der Waals surface area contributed by atoms with E-state index in [4.69, 9.17) is 0 Å². The van der Waals surface area contributed by atoms with Crippen LogP contribution in [0.25, 0.3) is 10.6 Å². The van der Waals surface area contributed by atoms with Crippen LogP contribution in [0.4, 0.5) is 5.69 Å². The highest BCUT2D eigenvalue weighted by molar-refractivity contribution is 7.15. The number of rotatable bonds is 3. The van der Waals surface area contributed by atoms with Gasteiger partial charge in [0, 0.05) is 17.1 Å². The van der Waals surface area contributed by atoms with Crippen molar-refractivity contribution < 1.29 is 4.92 Å². The molecule has 4 nitrogen and oxygen atoms in total. The Kier molecular flexibility index (Phi) is 3.19. The maximum absolute atomic E-state index is 10.9. The van der Waals surface area contributed by atoms with E-state index in [1.165, 1.54) is 17.4 Å². The standard InChI is InChI=1S/C12H12N2O2S/c1-8(2)11-7-13-12(17-11)9-5-3-4-6-10(9)14(15)16/h3-8H,1-2H3. The second kappa shape index (κ2) is 4.63. The van der Waals surface area contributed by atoms with Crippen LogP contribution in [0.5, 0.6) is 0 Å². The third kappa shape index (κ3) is 2.34. The summed E-state index contributed by atoms with van der Waals surface area (Å²) in [5.41, 5.74) is 0.701. The summed E-state index contributed by atoms with van der Waals surface area (Å²) in [7, 11) is 0. The lowest BCUT2D eigenvalue weighted by Crippen LogP contribution is -1.90. The number of thiazole rings is 1. The SMILES string of the molecule is CC(C)c1cnc(-c2ccccc2[N+](=O)[O-])s1. The first-order valence-corrected chi connectivity index (χ1v) is 6.10. The van der Waals surface area contributed by atoms with Crippen molar-refractivity contribution in [3.05, 3.63) is 45.5 Å². The highest BCUT2D eigenvalue weighted by Crippen LogP contribution is 2.34. The van der Waals surface area contributed by atoms with Crippen molar-refractivity contribution in [1.82, 2.24) is 4.98 Å². The molecule has 0 radical (unpaired) electrons. The van der Waals surface area contributed by atoms with E-state index < -0.39 is 0 Å². The fraction of sp³-hybridized carbons (Fsp3) is 0.250. The Bertz CT molecular complexity index is 549. The van der Waals surface area contributed by atoms with Crippen LogP contribution in [0.3, 0.4) is 0 Å². The first kappa shape index (κ1) is 11.7. The lowest BCUT2D eigenvalue weighted by atomic mass is 10.2. The predicted octanol–water partition coefficient (Wildman–Crippen LogP) is 3.84. The number of para-hydroxylation sites is 1. The van der Waals surface area contributed by atoms with E-state index >= 15 is 0 Å². The molecule has 1 aromatic carbocycles. The summed E-state index contributed by atoms with van der Waals surface area (Å²) in [6, 6.07) is 6.70. The number of nitro benzene ring substituents is 1. The van der Waals surface area contributed by atoms with E-state index in [1.807, 2.05) is 0 Å². The van der Waals surface area contributed by atoms with Crippen LogP contribution in [-0.4, -0.2) is 9.91 Å². The third-order valence-electron chi connectivity index (χ3n) is 2.42. The topological polar surface area (TPSA) is 56.0 Å². The van der Waals surface area contributed by atoms with Gasteiger partial charge in [-0.25, -0.2) is 4.98 Å². The van der Waals surface area contributed by atoms with E-state index in [9.17, 15) is 10.1 Å². The fourth-order valence-corrected chi connectivity index (χ4v) is 2.44. The maximum atomic E-state index is 10.9. The average molecular weight is 248 g/mol. The number of aromatic nitrogens is 1. The molecule has 0 saturated heterocycles. The minimum atomic E-state index is -0.369. The lowest BCUT2D eigenvalue weighted by molar-refractivity contribution is -0.384. The summed E-state index contributed by atoms with van der Waals surface area (Å²) in [6.45, 7) is 4.16. The molecule has 17 heavy (non-hydrogen) atoms. The van der Waals surface area contributed by atoms with Crippen molar-refractivity contribution in [2.24, 2.45) is 0 Å². The van der Waals surface area contributed by atoms with Gasteiger partial charge in [0.15, 0.2) is 0 Å². The molecule has 88 valence electrons. The zero-order valence-corrected chi connectivity index (χ0v) is 10.4. The Morgan fingerprint density at radius 3 is 2.65 bits per heavy atom. The summed E-state index contributed by atoms with van der Waals surface area (Å²) in [4.78, 5) is 16.0. The molecule has 0 aliphatic heterocycles. The molecule has 1 aromatic heterocycles. The van der Waals surface area contributed by atoms with Crippen LogP contribution in [0, 0.1) is 10.1 Å². The van der Waals surface area contributed by atoms with Gasteiger partial charge < -0.3 is 0 Å². The zero-order chi connectivity index (χ0) is 12.4. The number of nitrogens with zero attached hydrogens (tertiary/aromatic N) is 2. The molecule has 0 unspecified atom stereocenters. The van der Waals surface area contributed by atoms with E-state index in [0.29, 0.717) is 16.5 Å². The van der Waals surface area contributed by atoms with Crippen LogP contribution in [-0.2, 0) is 0 Å². The zero-order valence-electron chi connectivity index (χ0n) is 9.58. The molecule has 0 amide bonds. The summed E-state index contributed by atoms with van der Waals surface area (Å²) < 4.78 is 0. The van der Waals surface area contributed by atoms with E-state index in [0.717, 1.165) is 4.88 Å². The lowest BCUT2D eigenvalue weighted by Gasteiger charge is -1.99. The molecule has 0 fully saturated rings. The largest absolute Gasteiger partial charge is 0.279 e. The Morgan fingerprint density at radius 1 is 1.35 bits per heavy atom. The van der Waals surface area contributed by atoms with E-state index in [1.54, 1.807) is 24.4 Å². The molecule has 5 heteroatoms. The molecule has 1 heterocycles. The Hall–Kier alpha value is -1.75. The van der Waals surface area contributed by atoms with Gasteiger partial charge in [0.05, 0.1) is 10.5 Å². The van der Waals surface area contributed by atoms with Crippen molar-refractivity contribution >= 4 is 17.0 Å². The molecular weight excluding hydrogens is 236 g/mol. The monoisotopic (exact) mass is 248 g/mol. The average Bonchev–Trinajstić information content (AvgIpc) is 2.78. The van der Waals surface area contributed by atoms with Crippen molar-refractivity contribution in [2.45, 2.75) is 19.8 Å². The highest BCUT2D eigenvalue weighted by atomic mass is 32.1. The highest BCUT2D eigenvalue weighted by Gasteiger charge is 2.17. The quantitative estimate of drug-likeness (QED) is 0.612. The normalized spacial score (nSPS) is 10.8. The number of hydrogen-bond donors (Lipinski definition) is 0. The minimum Gasteiger partial charge on any atom is -0.258 e. The maximum Gasteiger partial charge on any atom is 0.279 e. The molecule has 0 aliphatic rings. The van der Waals surface area contributed by atoms with Crippen molar-refractivity contribution in [2.75, 3.05) is 0 Å². The van der Waals surface area contributed by atoms with Gasteiger partial charge in [-0.15, -0.1) is 11.3 Å². The van der Waals surface area contributed by atoms with Gasteiger partial charge in [-0.2, -0.15) is 0 Å². The Morgan fingerprint density at radius 2 is 2.06 bits per heavy atom. The summed E-state index contributed by atoms with van der Waals surface area (Å²) in [6.07, 6.45) is 1.79. The summed E-state index contributed by atoms with van der Waals surface area (Å²) in [5, 5.41) is 11.6. The molecule has 2 aromatic rings. The van der Waals surface area contributed by atoms with Crippen LogP contribution in [0.2, 0.25) is 0 Å². The predicted molar refractivity (Wildman–Crippen MR) is 68.3 cm³/mol. The summed E-state index contributed by atoms with van der Waals surface area (Å²) >= 11 is 1.51. The second-order valence-corrected chi connectivity index (χ2v) is 5.06. The van der Waals surface area contributed by atoms with Crippen molar-refractivity contribution in [3.63, 3.8) is 0 Å². The minimum absolute atomic E-state index is 0.108. The first-order chi connectivity index (χ1) is 8.09. The molecule has 0 bridgehead atoms. The van der Waals surface area contributed by atoms with Gasteiger partial charge in [-0.1, -0.05) is 26.0 Å². The van der Waals surface area contributed by atoms with E-state index in [-0.39, 0.29) is 10.6 Å². The number of hydrogen-bond acceptors (Lipinski definition) is 4. The van der Waals surface area contributed by atoms with Crippen LogP contribution in [0.15, 0.2) is 30.5 Å². The second-order valence-electron chi connectivity index (χ2n) is 4.00. The molecular formula is C12H12N2O2S. The van der Waals surface area contributed by atoms with Gasteiger partial charge in [-0.3, -0.25) is 10.1 Å². The Labute approximate surface area is 103 Å². The third-order valence-corrected chi connectivity index (χ3v) is 3.75. The molecule has 0 atom stereocenters. The van der Waals surface area contributed by atoms with Crippen molar-refractivity contribution in [3.8, 4) is 10.6 Å². The van der Waals surface area contributed by atoms with Gasteiger partial charge in [-0.05, 0) is 12.0 Å². The van der Waals surface area contributed by atoms with Gasteiger partial charge in [0.2, 0.25) is 0 Å². The number of nitro groups is 1. The van der Waals surface area contributed by atoms with E-state index in [2.05, 4.69) is 18.8 Å². The van der Waals surface area contributed by atoms with Gasteiger partial charge >= 0.3 is 0 Å². The molecule has 0 spiro atoms. The Balaban J connectivity index is 2.49. The smallest absolute Gasteiger partial charge is 0.258 e. The molecule has 0 saturated carbocycles. The van der Waals surface area contributed by atoms with Crippen LogP contribution >= 0.6 is 11.3 Å². The molecule has 2 rings (SSSR count). The van der Waals surface area contributed by atoms with Crippen LogP contribution in [0.1, 0.15) is 24.6 Å². The summed E-state index contributed by atoms with van der Waals surface area (Å²) in [5.74, 6) is 0.393. The van der Waals surface area contributed by atoms with Gasteiger partial charge in [0.25, 0.3) is 5.69 Å². The molecule has 0 N–H and O–H groups in total.